The van der Waals surface area contributed by atoms with Crippen molar-refractivity contribution in [1.82, 2.24) is 0 Å². The Morgan fingerprint density at radius 3 is 1.29 bits per heavy atom. The Morgan fingerprint density at radius 1 is 0.529 bits per heavy atom. The van der Waals surface area contributed by atoms with Crippen LogP contribution in [0, 0.1) is 0 Å². The topological polar surface area (TPSA) is 91.3 Å². The van der Waals surface area contributed by atoms with E-state index in [1.165, 1.54) is 154 Å². The predicted molar refractivity (Wildman–Crippen MR) is 215 cm³/mol. The van der Waals surface area contributed by atoms with E-state index in [0.29, 0.717) is 24.1 Å². The smallest absolute Gasteiger partial charge is 0.457 e. The second-order valence-corrected chi connectivity index (χ2v) is 17.5. The number of nitrogens with zero attached hydrogens (tertiary/aromatic N) is 1. The van der Waals surface area contributed by atoms with Crippen molar-refractivity contribution < 1.29 is 37.3 Å². The molecule has 0 bridgehead atoms. The van der Waals surface area contributed by atoms with Gasteiger partial charge in [0.25, 0.3) is 0 Å². The van der Waals surface area contributed by atoms with Crippen molar-refractivity contribution in [3.05, 3.63) is 0 Å². The average Bonchev–Trinajstić information content (AvgIpc) is 3.08. The molecule has 2 atom stereocenters. The Hall–Kier alpha value is -0.500. The number of phosphoric acid groups is 1. The minimum Gasteiger partial charge on any atom is -0.457 e. The van der Waals surface area contributed by atoms with Gasteiger partial charge >= 0.3 is 13.8 Å². The lowest BCUT2D eigenvalue weighted by molar-refractivity contribution is -0.870. The third-order valence-corrected chi connectivity index (χ3v) is 10.7. The van der Waals surface area contributed by atoms with Gasteiger partial charge in [-0.05, 0) is 12.8 Å². The summed E-state index contributed by atoms with van der Waals surface area (Å²) < 4.78 is 35.0. The predicted octanol–water partition coefficient (Wildman–Crippen LogP) is 12.5. The van der Waals surface area contributed by atoms with Crippen molar-refractivity contribution >= 4 is 13.8 Å². The lowest BCUT2D eigenvalue weighted by atomic mass is 10.0. The zero-order valence-electron chi connectivity index (χ0n) is 34.6. The molecule has 0 radical (unpaired) electrons. The molecule has 1 N–H and O–H groups in total. The minimum absolute atomic E-state index is 0.0937. The van der Waals surface area contributed by atoms with Gasteiger partial charge in [0.2, 0.25) is 0 Å². The highest BCUT2D eigenvalue weighted by molar-refractivity contribution is 7.47. The van der Waals surface area contributed by atoms with E-state index in [-0.39, 0.29) is 25.8 Å². The highest BCUT2D eigenvalue weighted by Gasteiger charge is 2.26. The SMILES string of the molecule is CCCCCCCCCCCCCCCCCCCCOCC(COP(=O)(O)OCC[N+](C)(C)C)OC(=O)CCCCCCCCCCCCC. The molecule has 0 spiro atoms. The third kappa shape index (κ3) is 40.5. The summed E-state index contributed by atoms with van der Waals surface area (Å²) in [5.41, 5.74) is 0. The molecule has 0 rings (SSSR count). The lowest BCUT2D eigenvalue weighted by Crippen LogP contribution is -2.37. The second kappa shape index (κ2) is 36.5. The minimum atomic E-state index is -4.26. The van der Waals surface area contributed by atoms with Crippen LogP contribution < -0.4 is 0 Å². The Kier molecular flexibility index (Phi) is 36.1. The molecule has 0 saturated heterocycles. The summed E-state index contributed by atoms with van der Waals surface area (Å²) in [5.74, 6) is -0.310. The number of carbonyl (C=O) groups is 1. The molecular formula is C42H87NO7P+. The summed E-state index contributed by atoms with van der Waals surface area (Å²) in [4.78, 5) is 22.8. The molecule has 0 aliphatic carbocycles. The van der Waals surface area contributed by atoms with Crippen LogP contribution in [0.2, 0.25) is 0 Å². The molecule has 0 aromatic rings. The Morgan fingerprint density at radius 2 is 0.902 bits per heavy atom. The highest BCUT2D eigenvalue weighted by Crippen LogP contribution is 2.43. The molecule has 0 heterocycles. The molecule has 51 heavy (non-hydrogen) atoms. The Bertz CT molecular complexity index is 792. The molecule has 0 fully saturated rings. The zero-order valence-corrected chi connectivity index (χ0v) is 35.5. The fraction of sp³-hybridized carbons (Fsp3) is 0.976. The van der Waals surface area contributed by atoms with Gasteiger partial charge in [-0.1, -0.05) is 187 Å². The molecule has 0 saturated carbocycles. The number of rotatable bonds is 41. The van der Waals surface area contributed by atoms with E-state index in [1.54, 1.807) is 0 Å². The Labute approximate surface area is 317 Å². The highest BCUT2D eigenvalue weighted by atomic mass is 31.2. The number of unbranched alkanes of at least 4 members (excludes halogenated alkanes) is 27. The van der Waals surface area contributed by atoms with Gasteiger partial charge in [-0.25, -0.2) is 4.57 Å². The van der Waals surface area contributed by atoms with Gasteiger partial charge in [0.15, 0.2) is 0 Å². The van der Waals surface area contributed by atoms with E-state index < -0.39 is 13.9 Å². The largest absolute Gasteiger partial charge is 0.472 e. The summed E-state index contributed by atoms with van der Waals surface area (Å²) >= 11 is 0. The van der Waals surface area contributed by atoms with E-state index in [4.69, 9.17) is 18.5 Å². The first-order valence-corrected chi connectivity index (χ1v) is 23.3. The van der Waals surface area contributed by atoms with Gasteiger partial charge in [0, 0.05) is 13.0 Å². The van der Waals surface area contributed by atoms with Gasteiger partial charge in [-0.2, -0.15) is 0 Å². The number of quaternary nitrogens is 1. The van der Waals surface area contributed by atoms with E-state index >= 15 is 0 Å². The van der Waals surface area contributed by atoms with Crippen LogP contribution in [-0.2, 0) is 27.9 Å². The van der Waals surface area contributed by atoms with Crippen LogP contribution >= 0.6 is 7.82 Å². The summed E-state index contributed by atoms with van der Waals surface area (Å²) in [6, 6.07) is 0. The maximum absolute atomic E-state index is 12.6. The summed E-state index contributed by atoms with van der Waals surface area (Å²) in [7, 11) is 1.68. The molecule has 2 unspecified atom stereocenters. The maximum Gasteiger partial charge on any atom is 0.472 e. The van der Waals surface area contributed by atoms with E-state index in [9.17, 15) is 14.3 Å². The monoisotopic (exact) mass is 749 g/mol. The quantitative estimate of drug-likeness (QED) is 0.0288. The number of esters is 1. The van der Waals surface area contributed by atoms with Crippen LogP contribution in [0.25, 0.3) is 0 Å². The molecule has 0 aromatic heterocycles. The molecule has 0 aliphatic rings. The average molecular weight is 749 g/mol. The van der Waals surface area contributed by atoms with Crippen LogP contribution in [0.15, 0.2) is 0 Å². The van der Waals surface area contributed by atoms with E-state index in [2.05, 4.69) is 13.8 Å². The van der Waals surface area contributed by atoms with Crippen LogP contribution in [0.3, 0.4) is 0 Å². The Balaban J connectivity index is 4.14. The first-order valence-electron chi connectivity index (χ1n) is 21.8. The zero-order chi connectivity index (χ0) is 37.7. The number of hydrogen-bond acceptors (Lipinski definition) is 6. The number of hydrogen-bond donors (Lipinski definition) is 1. The molecule has 0 aromatic carbocycles. The van der Waals surface area contributed by atoms with Gasteiger partial charge in [-0.3, -0.25) is 13.8 Å². The van der Waals surface area contributed by atoms with Gasteiger partial charge in [0.1, 0.15) is 19.3 Å². The fourth-order valence-electron chi connectivity index (χ4n) is 6.26. The van der Waals surface area contributed by atoms with E-state index in [1.807, 2.05) is 21.1 Å². The molecule has 0 aliphatic heterocycles. The van der Waals surface area contributed by atoms with Gasteiger partial charge in [0.05, 0.1) is 34.4 Å². The van der Waals surface area contributed by atoms with E-state index in [0.717, 1.165) is 32.1 Å². The van der Waals surface area contributed by atoms with Crippen molar-refractivity contribution in [3.8, 4) is 0 Å². The second-order valence-electron chi connectivity index (χ2n) is 16.1. The molecule has 8 nitrogen and oxygen atoms in total. The number of ether oxygens (including phenoxy) is 2. The van der Waals surface area contributed by atoms with Crippen molar-refractivity contribution in [1.29, 1.82) is 0 Å². The van der Waals surface area contributed by atoms with Gasteiger partial charge < -0.3 is 18.9 Å². The van der Waals surface area contributed by atoms with Crippen molar-refractivity contribution in [2.75, 3.05) is 54.1 Å². The summed E-state index contributed by atoms with van der Waals surface area (Å²) in [5, 5.41) is 0. The third-order valence-electron chi connectivity index (χ3n) is 9.67. The summed E-state index contributed by atoms with van der Waals surface area (Å²) in [6.07, 6.45) is 37.0. The first-order chi connectivity index (χ1) is 24.6. The number of phosphoric ester groups is 1. The molecule has 0 amide bonds. The lowest BCUT2D eigenvalue weighted by Gasteiger charge is -2.24. The molecule has 9 heteroatoms. The van der Waals surface area contributed by atoms with Crippen LogP contribution in [0.5, 0.6) is 0 Å². The summed E-state index contributed by atoms with van der Waals surface area (Å²) in [6.45, 7) is 5.66. The standard InChI is InChI=1S/C42H86NO7P/c1-6-8-10-12-14-16-18-19-20-21-22-23-24-26-28-30-32-34-37-47-39-41(40-49-51(45,46)48-38-36-43(3,4)5)50-42(44)35-33-31-29-27-25-17-15-13-11-9-7-2/h41H,6-40H2,1-5H3/p+1. The van der Waals surface area contributed by atoms with Gasteiger partial charge in [-0.15, -0.1) is 0 Å². The first kappa shape index (κ1) is 50.5. The fourth-order valence-corrected chi connectivity index (χ4v) is 7.00. The van der Waals surface area contributed by atoms with Crippen molar-refractivity contribution in [2.45, 2.75) is 213 Å². The molecular weight excluding hydrogens is 661 g/mol. The van der Waals surface area contributed by atoms with Crippen LogP contribution in [0.1, 0.15) is 206 Å². The maximum atomic E-state index is 12.6. The number of carbonyl (C=O) groups excluding carboxylic acids is 1. The number of likely N-dealkylation sites (N-methyl/N-ethyl adjacent to an activating group) is 1. The van der Waals surface area contributed by atoms with Crippen LogP contribution in [-0.4, -0.2) is 75.6 Å². The normalized spacial score (nSPS) is 13.8. The van der Waals surface area contributed by atoms with Crippen LogP contribution in [0.4, 0.5) is 0 Å². The molecule has 306 valence electrons. The van der Waals surface area contributed by atoms with Crippen molar-refractivity contribution in [2.24, 2.45) is 0 Å². The van der Waals surface area contributed by atoms with Crippen molar-refractivity contribution in [3.63, 3.8) is 0 Å².